The van der Waals surface area contributed by atoms with Crippen LogP contribution in [0.4, 0.5) is 14.5 Å². The van der Waals surface area contributed by atoms with Gasteiger partial charge in [-0.1, -0.05) is 44.2 Å². The van der Waals surface area contributed by atoms with Crippen molar-refractivity contribution in [2.45, 2.75) is 26.7 Å². The van der Waals surface area contributed by atoms with Gasteiger partial charge < -0.3 is 0 Å². The Kier molecular flexibility index (Phi) is 6.37. The lowest BCUT2D eigenvalue weighted by atomic mass is 9.98. The molecule has 0 saturated carbocycles. The van der Waals surface area contributed by atoms with Crippen LogP contribution in [0.5, 0.6) is 0 Å². The number of halogens is 2. The fourth-order valence-corrected chi connectivity index (χ4v) is 2.28. The average molecular weight is 341 g/mol. The second-order valence-electron chi connectivity index (χ2n) is 5.65. The van der Waals surface area contributed by atoms with Gasteiger partial charge in [-0.15, -0.1) is 0 Å². The van der Waals surface area contributed by atoms with Crippen LogP contribution in [-0.4, -0.2) is 5.16 Å². The van der Waals surface area contributed by atoms with Crippen molar-refractivity contribution < 1.29 is 8.78 Å². The third-order valence-electron chi connectivity index (χ3n) is 3.78. The molecule has 0 aliphatic heterocycles. The highest BCUT2D eigenvalue weighted by molar-refractivity contribution is 7.78. The number of hydrogen-bond donors (Lipinski definition) is 0. The predicted octanol–water partition coefficient (Wildman–Crippen LogP) is 5.69. The Morgan fingerprint density at radius 1 is 1.08 bits per heavy atom. The Balaban J connectivity index is 2.21. The Bertz CT molecular complexity index is 825. The third kappa shape index (κ3) is 4.83. The SMILES string of the molecule is CCC(C)Cc1ccc(C#Cc2cc(F)c(N=C=S)cc2F)cc1. The molecule has 0 amide bonds. The molecule has 2 aromatic rings. The first kappa shape index (κ1) is 18.0. The van der Waals surface area contributed by atoms with Crippen LogP contribution in [0.25, 0.3) is 0 Å². The van der Waals surface area contributed by atoms with Crippen LogP contribution in [0.2, 0.25) is 0 Å². The zero-order valence-corrected chi connectivity index (χ0v) is 14.4. The van der Waals surface area contributed by atoms with E-state index in [4.69, 9.17) is 0 Å². The van der Waals surface area contributed by atoms with Crippen LogP contribution in [0, 0.1) is 29.4 Å². The van der Waals surface area contributed by atoms with Gasteiger partial charge in [0.25, 0.3) is 0 Å². The molecule has 24 heavy (non-hydrogen) atoms. The lowest BCUT2D eigenvalue weighted by Crippen LogP contribution is -1.97. The minimum Gasteiger partial charge on any atom is -0.206 e. The molecule has 122 valence electrons. The van der Waals surface area contributed by atoms with E-state index in [0.29, 0.717) is 5.92 Å². The van der Waals surface area contributed by atoms with Crippen molar-refractivity contribution in [1.29, 1.82) is 0 Å². The minimum absolute atomic E-state index is 0.0144. The number of benzene rings is 2. The van der Waals surface area contributed by atoms with Crippen molar-refractivity contribution in [3.05, 3.63) is 64.7 Å². The monoisotopic (exact) mass is 341 g/mol. The minimum atomic E-state index is -0.679. The van der Waals surface area contributed by atoms with Gasteiger partial charge in [0.15, 0.2) is 5.82 Å². The molecule has 1 unspecified atom stereocenters. The van der Waals surface area contributed by atoms with Crippen molar-refractivity contribution in [2.24, 2.45) is 10.9 Å². The van der Waals surface area contributed by atoms with Gasteiger partial charge >= 0.3 is 0 Å². The molecule has 0 heterocycles. The molecule has 0 radical (unpaired) electrons. The molecule has 0 aliphatic carbocycles. The third-order valence-corrected chi connectivity index (χ3v) is 3.87. The van der Waals surface area contributed by atoms with Crippen LogP contribution >= 0.6 is 12.2 Å². The van der Waals surface area contributed by atoms with Gasteiger partial charge in [-0.3, -0.25) is 0 Å². The molecule has 2 aromatic carbocycles. The van der Waals surface area contributed by atoms with E-state index in [2.05, 4.69) is 42.9 Å². The van der Waals surface area contributed by atoms with E-state index in [1.54, 1.807) is 0 Å². The molecule has 1 nitrogen and oxygen atoms in total. The van der Waals surface area contributed by atoms with E-state index < -0.39 is 11.6 Å². The van der Waals surface area contributed by atoms with Gasteiger partial charge in [-0.2, -0.15) is 4.99 Å². The molecule has 0 aromatic heterocycles. The molecule has 0 fully saturated rings. The lowest BCUT2D eigenvalue weighted by molar-refractivity contribution is 0.560. The molecule has 2 rings (SSSR count). The van der Waals surface area contributed by atoms with E-state index >= 15 is 0 Å². The summed E-state index contributed by atoms with van der Waals surface area (Å²) in [5.74, 6) is 4.82. The summed E-state index contributed by atoms with van der Waals surface area (Å²) in [5, 5.41) is 2.02. The number of nitrogens with zero attached hydrogens (tertiary/aromatic N) is 1. The first-order valence-electron chi connectivity index (χ1n) is 7.71. The molecule has 1 atom stereocenters. The van der Waals surface area contributed by atoms with Crippen LogP contribution in [0.1, 0.15) is 37.0 Å². The maximum atomic E-state index is 13.9. The molecular formula is C20H17F2NS. The maximum Gasteiger partial charge on any atom is 0.151 e. The van der Waals surface area contributed by atoms with E-state index in [9.17, 15) is 8.78 Å². The Morgan fingerprint density at radius 3 is 2.42 bits per heavy atom. The largest absolute Gasteiger partial charge is 0.206 e. The zero-order chi connectivity index (χ0) is 17.5. The topological polar surface area (TPSA) is 12.4 Å². The van der Waals surface area contributed by atoms with Gasteiger partial charge in [-0.25, -0.2) is 8.78 Å². The smallest absolute Gasteiger partial charge is 0.151 e. The molecule has 0 saturated heterocycles. The summed E-state index contributed by atoms with van der Waals surface area (Å²) in [6.07, 6.45) is 2.15. The van der Waals surface area contributed by atoms with Crippen molar-refractivity contribution >= 4 is 23.1 Å². The first-order valence-corrected chi connectivity index (χ1v) is 8.12. The Hall–Kier alpha value is -2.34. The van der Waals surface area contributed by atoms with E-state index in [1.807, 2.05) is 29.4 Å². The Labute approximate surface area is 146 Å². The molecule has 0 aliphatic rings. The highest BCUT2D eigenvalue weighted by atomic mass is 32.1. The summed E-state index contributed by atoms with van der Waals surface area (Å²) in [6, 6.07) is 9.81. The summed E-state index contributed by atoms with van der Waals surface area (Å²) in [5.41, 5.74) is 1.81. The molecule has 0 N–H and O–H groups in total. The highest BCUT2D eigenvalue weighted by Gasteiger charge is 2.07. The predicted molar refractivity (Wildman–Crippen MR) is 96.6 cm³/mol. The van der Waals surface area contributed by atoms with E-state index in [1.165, 1.54) is 5.56 Å². The number of isothiocyanates is 1. The fraction of sp³-hybridized carbons (Fsp3) is 0.250. The van der Waals surface area contributed by atoms with Crippen LogP contribution in [0.3, 0.4) is 0 Å². The molecular weight excluding hydrogens is 324 g/mol. The van der Waals surface area contributed by atoms with Gasteiger partial charge in [0, 0.05) is 11.6 Å². The second-order valence-corrected chi connectivity index (χ2v) is 5.83. The normalized spacial score (nSPS) is 11.2. The summed E-state index contributed by atoms with van der Waals surface area (Å²) in [6.45, 7) is 4.38. The quantitative estimate of drug-likeness (QED) is 0.395. The number of aliphatic imine (C=N–C) groups is 1. The number of hydrogen-bond acceptors (Lipinski definition) is 2. The fourth-order valence-electron chi connectivity index (χ4n) is 2.18. The van der Waals surface area contributed by atoms with Crippen LogP contribution in [-0.2, 0) is 6.42 Å². The van der Waals surface area contributed by atoms with Crippen molar-refractivity contribution in [2.75, 3.05) is 0 Å². The molecule has 4 heteroatoms. The van der Waals surface area contributed by atoms with E-state index in [-0.39, 0.29) is 11.3 Å². The first-order chi connectivity index (χ1) is 11.5. The van der Waals surface area contributed by atoms with Gasteiger partial charge in [-0.05, 0) is 48.3 Å². The average Bonchev–Trinajstić information content (AvgIpc) is 2.58. The standard InChI is InChI=1S/C20H17F2NS/c1-3-14(2)10-16-6-4-15(5-7-16)8-9-17-11-19(22)20(23-13-24)12-18(17)21/h4-7,11-12,14H,3,10H2,1-2H3. The molecule has 0 bridgehead atoms. The summed E-state index contributed by atoms with van der Waals surface area (Å²) in [4.78, 5) is 3.47. The summed E-state index contributed by atoms with van der Waals surface area (Å²) in [7, 11) is 0. The number of thiocarbonyl (C=S) groups is 1. The highest BCUT2D eigenvalue weighted by Crippen LogP contribution is 2.21. The van der Waals surface area contributed by atoms with Crippen LogP contribution < -0.4 is 0 Å². The zero-order valence-electron chi connectivity index (χ0n) is 13.6. The van der Waals surface area contributed by atoms with Crippen molar-refractivity contribution in [3.63, 3.8) is 0 Å². The van der Waals surface area contributed by atoms with Gasteiger partial charge in [0.05, 0.1) is 10.7 Å². The Morgan fingerprint density at radius 2 is 1.79 bits per heavy atom. The van der Waals surface area contributed by atoms with Crippen molar-refractivity contribution in [1.82, 2.24) is 0 Å². The van der Waals surface area contributed by atoms with Gasteiger partial charge in [0.1, 0.15) is 11.5 Å². The van der Waals surface area contributed by atoms with Crippen LogP contribution in [0.15, 0.2) is 41.4 Å². The second kappa shape index (κ2) is 8.49. The maximum absolute atomic E-state index is 13.9. The summed E-state index contributed by atoms with van der Waals surface area (Å²) < 4.78 is 27.6. The lowest BCUT2D eigenvalue weighted by Gasteiger charge is -2.07. The molecule has 0 spiro atoms. The van der Waals surface area contributed by atoms with E-state index in [0.717, 1.165) is 30.5 Å². The number of rotatable bonds is 4. The van der Waals surface area contributed by atoms with Crippen molar-refractivity contribution in [3.8, 4) is 11.8 Å². The van der Waals surface area contributed by atoms with Gasteiger partial charge in [0.2, 0.25) is 0 Å². The summed E-state index contributed by atoms with van der Waals surface area (Å²) >= 11 is 4.40.